The first kappa shape index (κ1) is 18.6. The number of hydrogen-bond donors (Lipinski definition) is 1. The number of aryl methyl sites for hydroxylation is 2. The molecular weight excluding hydrogens is 420 g/mol. The van der Waals surface area contributed by atoms with E-state index in [-0.39, 0.29) is 4.90 Å². The molecule has 0 radical (unpaired) electrons. The average Bonchev–Trinajstić information content (AvgIpc) is 3.28. The second kappa shape index (κ2) is 6.85. The van der Waals surface area contributed by atoms with E-state index in [0.717, 1.165) is 20.8 Å². The second-order valence-corrected chi connectivity index (χ2v) is 9.70. The first-order valence-corrected chi connectivity index (χ1v) is 11.4. The van der Waals surface area contributed by atoms with Crippen molar-refractivity contribution in [2.45, 2.75) is 18.7 Å². The van der Waals surface area contributed by atoms with Crippen LogP contribution in [0.15, 0.2) is 59.5 Å². The lowest BCUT2D eigenvalue weighted by molar-refractivity contribution is 0.601. The third-order valence-corrected chi connectivity index (χ3v) is 6.92. The number of nitrogens with zero attached hydrogens (tertiary/aromatic N) is 5. The van der Waals surface area contributed by atoms with Crippen molar-refractivity contribution in [2.24, 2.45) is 0 Å². The summed E-state index contributed by atoms with van der Waals surface area (Å²) in [5.74, 6) is 0.678. The van der Waals surface area contributed by atoms with Crippen molar-refractivity contribution in [3.63, 3.8) is 0 Å². The van der Waals surface area contributed by atoms with Crippen LogP contribution in [0.2, 0.25) is 0 Å². The van der Waals surface area contributed by atoms with Crippen LogP contribution in [0.1, 0.15) is 10.8 Å². The maximum Gasteiger partial charge on any atom is 0.261 e. The van der Waals surface area contributed by atoms with E-state index in [1.54, 1.807) is 40.9 Å². The Bertz CT molecular complexity index is 1520. The average molecular weight is 437 g/mol. The zero-order chi connectivity index (χ0) is 20.9. The smallest absolute Gasteiger partial charge is 0.261 e. The van der Waals surface area contributed by atoms with Crippen LogP contribution < -0.4 is 4.72 Å². The van der Waals surface area contributed by atoms with Gasteiger partial charge in [0.25, 0.3) is 10.0 Å². The minimum Gasteiger partial charge on any atom is -0.280 e. The molecule has 0 unspecified atom stereocenters. The molecule has 150 valence electrons. The highest BCUT2D eigenvalue weighted by Gasteiger charge is 2.16. The number of hydrogen-bond acceptors (Lipinski definition) is 7. The van der Waals surface area contributed by atoms with Crippen LogP contribution in [0.25, 0.3) is 27.1 Å². The Kier molecular flexibility index (Phi) is 4.26. The third kappa shape index (κ3) is 3.29. The molecule has 0 aliphatic rings. The Labute approximate surface area is 176 Å². The van der Waals surface area contributed by atoms with Crippen LogP contribution in [0.5, 0.6) is 0 Å². The maximum absolute atomic E-state index is 12.9. The quantitative estimate of drug-likeness (QED) is 0.459. The lowest BCUT2D eigenvalue weighted by Gasteiger charge is -2.10. The predicted molar refractivity (Wildman–Crippen MR) is 116 cm³/mol. The molecule has 0 aliphatic heterocycles. The van der Waals surface area contributed by atoms with Gasteiger partial charge in [-0.25, -0.2) is 13.4 Å². The minimum absolute atomic E-state index is 0.198. The third-order valence-electron chi connectivity index (χ3n) is 4.61. The second-order valence-electron chi connectivity index (χ2n) is 6.78. The van der Waals surface area contributed by atoms with E-state index < -0.39 is 10.0 Å². The summed E-state index contributed by atoms with van der Waals surface area (Å²) in [4.78, 5) is 4.57. The summed E-state index contributed by atoms with van der Waals surface area (Å²) in [6.45, 7) is 3.72. The molecule has 5 rings (SSSR count). The predicted octanol–water partition coefficient (Wildman–Crippen LogP) is 3.82. The van der Waals surface area contributed by atoms with Crippen LogP contribution in [-0.4, -0.2) is 33.2 Å². The van der Waals surface area contributed by atoms with Crippen molar-refractivity contribution in [1.29, 1.82) is 0 Å². The number of rotatable bonds is 4. The number of aromatic nitrogens is 5. The van der Waals surface area contributed by atoms with E-state index in [0.29, 0.717) is 22.9 Å². The summed E-state index contributed by atoms with van der Waals surface area (Å²) in [7, 11) is -3.74. The Morgan fingerprint density at radius 2 is 1.87 bits per heavy atom. The van der Waals surface area contributed by atoms with E-state index in [9.17, 15) is 8.42 Å². The van der Waals surface area contributed by atoms with E-state index in [1.165, 1.54) is 11.3 Å². The monoisotopic (exact) mass is 436 g/mol. The SMILES string of the molecule is Cc1nc2ccc(S(=O)(=O)Nc3cccc(-c4ccc5nnc(C)n5n4)c3)cc2s1. The fraction of sp³-hybridized carbons (Fsp3) is 0.100. The van der Waals surface area contributed by atoms with Crippen LogP contribution in [0.4, 0.5) is 5.69 Å². The molecule has 0 saturated heterocycles. The van der Waals surface area contributed by atoms with Gasteiger partial charge in [-0.15, -0.1) is 21.5 Å². The Balaban J connectivity index is 1.48. The van der Waals surface area contributed by atoms with Gasteiger partial charge in [0.1, 0.15) is 0 Å². The number of sulfonamides is 1. The Morgan fingerprint density at radius 3 is 2.73 bits per heavy atom. The molecule has 0 amide bonds. The van der Waals surface area contributed by atoms with Gasteiger partial charge in [-0.3, -0.25) is 4.72 Å². The first-order valence-electron chi connectivity index (χ1n) is 9.09. The highest BCUT2D eigenvalue weighted by molar-refractivity contribution is 7.92. The van der Waals surface area contributed by atoms with Crippen molar-refractivity contribution >= 4 is 42.9 Å². The van der Waals surface area contributed by atoms with Crippen LogP contribution in [0.3, 0.4) is 0 Å². The fourth-order valence-electron chi connectivity index (χ4n) is 3.19. The number of anilines is 1. The minimum atomic E-state index is -3.74. The molecule has 3 heterocycles. The summed E-state index contributed by atoms with van der Waals surface area (Å²) in [6.07, 6.45) is 0. The molecule has 30 heavy (non-hydrogen) atoms. The van der Waals surface area contributed by atoms with Gasteiger partial charge >= 0.3 is 0 Å². The van der Waals surface area contributed by atoms with Gasteiger partial charge in [0.2, 0.25) is 0 Å². The summed E-state index contributed by atoms with van der Waals surface area (Å²) >= 11 is 1.47. The Morgan fingerprint density at radius 1 is 1.00 bits per heavy atom. The molecule has 0 saturated carbocycles. The molecule has 0 atom stereocenters. The number of nitrogens with one attached hydrogen (secondary N) is 1. The topological polar surface area (TPSA) is 102 Å². The van der Waals surface area contributed by atoms with Gasteiger partial charge in [-0.1, -0.05) is 12.1 Å². The van der Waals surface area contributed by atoms with E-state index in [2.05, 4.69) is 25.0 Å². The molecule has 8 nitrogen and oxygen atoms in total. The van der Waals surface area contributed by atoms with Gasteiger partial charge in [0, 0.05) is 11.3 Å². The van der Waals surface area contributed by atoms with Gasteiger partial charge in [-0.05, 0) is 56.3 Å². The summed E-state index contributed by atoms with van der Waals surface area (Å²) < 4.78 is 31.0. The summed E-state index contributed by atoms with van der Waals surface area (Å²) in [5.41, 5.74) is 3.37. The maximum atomic E-state index is 12.9. The van der Waals surface area contributed by atoms with Crippen molar-refractivity contribution in [1.82, 2.24) is 24.8 Å². The van der Waals surface area contributed by atoms with Crippen molar-refractivity contribution in [3.05, 3.63) is 65.4 Å². The highest BCUT2D eigenvalue weighted by Crippen LogP contribution is 2.27. The molecule has 10 heteroatoms. The zero-order valence-corrected chi connectivity index (χ0v) is 17.7. The van der Waals surface area contributed by atoms with Crippen LogP contribution >= 0.6 is 11.3 Å². The van der Waals surface area contributed by atoms with E-state index in [1.807, 2.05) is 32.0 Å². The molecule has 0 aliphatic carbocycles. The summed E-state index contributed by atoms with van der Waals surface area (Å²) in [6, 6.07) is 15.7. The van der Waals surface area contributed by atoms with Crippen molar-refractivity contribution < 1.29 is 8.42 Å². The Hall–Kier alpha value is -3.37. The molecular formula is C20H16N6O2S2. The largest absolute Gasteiger partial charge is 0.280 e. The van der Waals surface area contributed by atoms with Gasteiger partial charge in [0.15, 0.2) is 11.5 Å². The molecule has 0 fully saturated rings. The summed E-state index contributed by atoms with van der Waals surface area (Å²) in [5, 5.41) is 13.5. The standard InChI is InChI=1S/C20H16N6O2S2/c1-12-22-23-20-9-8-17(24-26(12)20)14-4-3-5-15(10-14)25-30(27,28)16-6-7-18-19(11-16)29-13(2)21-18/h3-11,25H,1-2H3. The molecule has 0 spiro atoms. The molecule has 0 bridgehead atoms. The number of benzene rings is 2. The van der Waals surface area contributed by atoms with Gasteiger partial charge in [0.05, 0.1) is 25.8 Å². The van der Waals surface area contributed by atoms with Gasteiger partial charge < -0.3 is 0 Å². The lowest BCUT2D eigenvalue weighted by atomic mass is 10.1. The van der Waals surface area contributed by atoms with E-state index in [4.69, 9.17) is 0 Å². The fourth-order valence-corrected chi connectivity index (χ4v) is 5.21. The van der Waals surface area contributed by atoms with Crippen molar-refractivity contribution in [3.8, 4) is 11.3 Å². The molecule has 2 aromatic carbocycles. The molecule has 3 aromatic heterocycles. The normalized spacial score (nSPS) is 11.9. The molecule has 5 aromatic rings. The lowest BCUT2D eigenvalue weighted by Crippen LogP contribution is -2.12. The first-order chi connectivity index (χ1) is 14.4. The zero-order valence-electron chi connectivity index (χ0n) is 16.1. The number of thiazole rings is 1. The van der Waals surface area contributed by atoms with Crippen LogP contribution in [-0.2, 0) is 10.0 Å². The molecule has 1 N–H and O–H groups in total. The number of fused-ring (bicyclic) bond motifs is 2. The van der Waals surface area contributed by atoms with Crippen LogP contribution in [0, 0.1) is 13.8 Å². The van der Waals surface area contributed by atoms with Crippen molar-refractivity contribution in [2.75, 3.05) is 4.72 Å². The van der Waals surface area contributed by atoms with E-state index >= 15 is 0 Å². The van der Waals surface area contributed by atoms with Gasteiger partial charge in [-0.2, -0.15) is 9.61 Å². The highest BCUT2D eigenvalue weighted by atomic mass is 32.2.